The Morgan fingerprint density at radius 3 is 2.48 bits per heavy atom. The van der Waals surface area contributed by atoms with E-state index in [0.717, 1.165) is 18.9 Å². The molecule has 0 saturated heterocycles. The summed E-state index contributed by atoms with van der Waals surface area (Å²) in [6.45, 7) is 3.99. The van der Waals surface area contributed by atoms with E-state index in [9.17, 15) is 4.79 Å². The fourth-order valence-electron chi connectivity index (χ4n) is 3.33. The fraction of sp³-hybridized carbons (Fsp3) is 0.471. The Balaban J connectivity index is 1.75. The van der Waals surface area contributed by atoms with Gasteiger partial charge in [0.15, 0.2) is 0 Å². The SMILES string of the molecule is CC1=CCN(c2ccc(C(=O)O)cc2)CN1C1CCCC1. The molecule has 0 radical (unpaired) electrons. The molecule has 1 saturated carbocycles. The molecule has 4 heteroatoms. The van der Waals surface area contributed by atoms with Gasteiger partial charge in [0.25, 0.3) is 0 Å². The first kappa shape index (κ1) is 14.0. The lowest BCUT2D eigenvalue weighted by atomic mass is 10.1. The zero-order valence-electron chi connectivity index (χ0n) is 12.5. The zero-order valence-corrected chi connectivity index (χ0v) is 12.5. The normalized spacial score (nSPS) is 19.8. The maximum atomic E-state index is 10.9. The molecule has 1 heterocycles. The Kier molecular flexibility index (Phi) is 3.86. The first-order valence-electron chi connectivity index (χ1n) is 7.67. The number of anilines is 1. The second-order valence-electron chi connectivity index (χ2n) is 5.97. The summed E-state index contributed by atoms with van der Waals surface area (Å²) in [6.07, 6.45) is 7.52. The van der Waals surface area contributed by atoms with Crippen molar-refractivity contribution < 1.29 is 9.90 Å². The summed E-state index contributed by atoms with van der Waals surface area (Å²) >= 11 is 0. The zero-order chi connectivity index (χ0) is 14.8. The monoisotopic (exact) mass is 286 g/mol. The van der Waals surface area contributed by atoms with E-state index in [-0.39, 0.29) is 0 Å². The summed E-state index contributed by atoms with van der Waals surface area (Å²) in [5.41, 5.74) is 2.81. The Morgan fingerprint density at radius 2 is 1.86 bits per heavy atom. The average molecular weight is 286 g/mol. The second kappa shape index (κ2) is 5.80. The summed E-state index contributed by atoms with van der Waals surface area (Å²) in [5.74, 6) is -0.872. The number of carboxylic acid groups (broad SMARTS) is 1. The van der Waals surface area contributed by atoms with E-state index in [1.54, 1.807) is 12.1 Å². The molecule has 0 aromatic heterocycles. The van der Waals surface area contributed by atoms with Gasteiger partial charge in [0, 0.05) is 24.0 Å². The van der Waals surface area contributed by atoms with Crippen LogP contribution in [0.3, 0.4) is 0 Å². The van der Waals surface area contributed by atoms with Crippen LogP contribution in [0.2, 0.25) is 0 Å². The molecular formula is C17H22N2O2. The van der Waals surface area contributed by atoms with Crippen molar-refractivity contribution in [3.8, 4) is 0 Å². The van der Waals surface area contributed by atoms with Crippen molar-refractivity contribution in [1.29, 1.82) is 0 Å². The average Bonchev–Trinajstić information content (AvgIpc) is 3.02. The molecule has 0 bridgehead atoms. The number of nitrogens with zero attached hydrogens (tertiary/aromatic N) is 2. The van der Waals surface area contributed by atoms with Crippen LogP contribution < -0.4 is 4.90 Å². The highest BCUT2D eigenvalue weighted by atomic mass is 16.4. The third-order valence-corrected chi connectivity index (χ3v) is 4.63. The molecule has 1 aliphatic carbocycles. The molecule has 3 rings (SSSR count). The first-order chi connectivity index (χ1) is 10.1. The lowest BCUT2D eigenvalue weighted by molar-refractivity contribution is 0.0697. The molecule has 1 fully saturated rings. The number of aromatic carboxylic acids is 1. The Hall–Kier alpha value is -1.97. The standard InChI is InChI=1S/C17H22N2O2/c1-13-10-11-18(12-19(13)16-4-2-3-5-16)15-8-6-14(7-9-15)17(20)21/h6-10,16H,2-5,11-12H2,1H3,(H,20,21). The smallest absolute Gasteiger partial charge is 0.335 e. The molecule has 0 atom stereocenters. The Bertz CT molecular complexity index is 544. The third-order valence-electron chi connectivity index (χ3n) is 4.63. The minimum atomic E-state index is -0.872. The molecule has 0 amide bonds. The van der Waals surface area contributed by atoms with Gasteiger partial charge in [0.1, 0.15) is 0 Å². The summed E-state index contributed by atoms with van der Waals surface area (Å²) in [5, 5.41) is 8.98. The number of rotatable bonds is 3. The summed E-state index contributed by atoms with van der Waals surface area (Å²) in [4.78, 5) is 15.7. The van der Waals surface area contributed by atoms with Crippen molar-refractivity contribution in [2.45, 2.75) is 38.6 Å². The topological polar surface area (TPSA) is 43.8 Å². The van der Waals surface area contributed by atoms with Crippen LogP contribution in [-0.2, 0) is 0 Å². The van der Waals surface area contributed by atoms with Gasteiger partial charge in [-0.25, -0.2) is 4.79 Å². The van der Waals surface area contributed by atoms with E-state index >= 15 is 0 Å². The van der Waals surface area contributed by atoms with Crippen molar-refractivity contribution in [3.63, 3.8) is 0 Å². The molecule has 21 heavy (non-hydrogen) atoms. The van der Waals surface area contributed by atoms with Crippen LogP contribution in [0.4, 0.5) is 5.69 Å². The number of hydrogen-bond acceptors (Lipinski definition) is 3. The van der Waals surface area contributed by atoms with Gasteiger partial charge in [-0.05, 0) is 50.1 Å². The fourth-order valence-corrected chi connectivity index (χ4v) is 3.33. The summed E-state index contributed by atoms with van der Waals surface area (Å²) in [7, 11) is 0. The first-order valence-corrected chi connectivity index (χ1v) is 7.67. The number of carbonyl (C=O) groups is 1. The van der Waals surface area contributed by atoms with Gasteiger partial charge in [-0.15, -0.1) is 0 Å². The highest BCUT2D eigenvalue weighted by molar-refractivity contribution is 5.88. The molecule has 1 aromatic carbocycles. The lowest BCUT2D eigenvalue weighted by Crippen LogP contribution is -2.45. The highest BCUT2D eigenvalue weighted by Gasteiger charge is 2.26. The summed E-state index contributed by atoms with van der Waals surface area (Å²) < 4.78 is 0. The number of allylic oxidation sites excluding steroid dienone is 1. The van der Waals surface area contributed by atoms with Crippen molar-refractivity contribution in [2.24, 2.45) is 0 Å². The van der Waals surface area contributed by atoms with E-state index < -0.39 is 5.97 Å². The van der Waals surface area contributed by atoms with Gasteiger partial charge in [0.05, 0.1) is 12.2 Å². The molecule has 1 aromatic rings. The Morgan fingerprint density at radius 1 is 1.19 bits per heavy atom. The maximum Gasteiger partial charge on any atom is 0.335 e. The predicted molar refractivity (Wildman–Crippen MR) is 83.5 cm³/mol. The number of carboxylic acids is 1. The molecule has 0 spiro atoms. The van der Waals surface area contributed by atoms with Crippen LogP contribution in [0.15, 0.2) is 36.0 Å². The minimum absolute atomic E-state index is 0.343. The van der Waals surface area contributed by atoms with Crippen molar-refractivity contribution in [3.05, 3.63) is 41.6 Å². The molecule has 2 aliphatic rings. The van der Waals surface area contributed by atoms with Crippen LogP contribution >= 0.6 is 0 Å². The molecule has 1 N–H and O–H groups in total. The minimum Gasteiger partial charge on any atom is -0.478 e. The van der Waals surface area contributed by atoms with Crippen molar-refractivity contribution in [1.82, 2.24) is 4.90 Å². The summed E-state index contributed by atoms with van der Waals surface area (Å²) in [6, 6.07) is 7.85. The van der Waals surface area contributed by atoms with Gasteiger partial charge in [-0.2, -0.15) is 0 Å². The predicted octanol–water partition coefficient (Wildman–Crippen LogP) is 3.31. The van der Waals surface area contributed by atoms with E-state index in [0.29, 0.717) is 11.6 Å². The van der Waals surface area contributed by atoms with Crippen molar-refractivity contribution in [2.75, 3.05) is 18.1 Å². The van der Waals surface area contributed by atoms with Gasteiger partial charge in [-0.3, -0.25) is 0 Å². The van der Waals surface area contributed by atoms with E-state index in [1.807, 2.05) is 12.1 Å². The maximum absolute atomic E-state index is 10.9. The third kappa shape index (κ3) is 2.89. The Labute approximate surface area is 125 Å². The van der Waals surface area contributed by atoms with Crippen LogP contribution in [0.5, 0.6) is 0 Å². The number of hydrogen-bond donors (Lipinski definition) is 1. The van der Waals surface area contributed by atoms with E-state index in [2.05, 4.69) is 22.8 Å². The van der Waals surface area contributed by atoms with Crippen LogP contribution in [-0.4, -0.2) is 35.2 Å². The second-order valence-corrected chi connectivity index (χ2v) is 5.97. The largest absolute Gasteiger partial charge is 0.478 e. The van der Waals surface area contributed by atoms with Crippen molar-refractivity contribution >= 4 is 11.7 Å². The van der Waals surface area contributed by atoms with E-state index in [1.165, 1.54) is 31.4 Å². The molecule has 4 nitrogen and oxygen atoms in total. The van der Waals surface area contributed by atoms with Gasteiger partial charge < -0.3 is 14.9 Å². The van der Waals surface area contributed by atoms with Crippen LogP contribution in [0.1, 0.15) is 43.0 Å². The van der Waals surface area contributed by atoms with Crippen LogP contribution in [0.25, 0.3) is 0 Å². The molecule has 0 unspecified atom stereocenters. The van der Waals surface area contributed by atoms with E-state index in [4.69, 9.17) is 5.11 Å². The van der Waals surface area contributed by atoms with Gasteiger partial charge in [0.2, 0.25) is 0 Å². The number of benzene rings is 1. The lowest BCUT2D eigenvalue weighted by Gasteiger charge is -2.41. The van der Waals surface area contributed by atoms with Crippen LogP contribution in [0, 0.1) is 0 Å². The molecular weight excluding hydrogens is 264 g/mol. The highest BCUT2D eigenvalue weighted by Crippen LogP contribution is 2.29. The quantitative estimate of drug-likeness (QED) is 0.926. The molecule has 112 valence electrons. The van der Waals surface area contributed by atoms with Gasteiger partial charge in [-0.1, -0.05) is 12.8 Å². The molecule has 1 aliphatic heterocycles. The van der Waals surface area contributed by atoms with Gasteiger partial charge >= 0.3 is 5.97 Å².